The summed E-state index contributed by atoms with van der Waals surface area (Å²) in [6.07, 6.45) is 8.07. The maximum absolute atomic E-state index is 13.6. The predicted molar refractivity (Wildman–Crippen MR) is 69.4 cm³/mol. The van der Waals surface area contributed by atoms with Crippen LogP contribution in [-0.2, 0) is 0 Å². The first kappa shape index (κ1) is 12.1. The van der Waals surface area contributed by atoms with Gasteiger partial charge in [0.1, 0.15) is 17.3 Å². The quantitative estimate of drug-likeness (QED) is 0.906. The van der Waals surface area contributed by atoms with Crippen molar-refractivity contribution in [1.29, 1.82) is 0 Å². The molecule has 1 aliphatic rings. The van der Waals surface area contributed by atoms with Gasteiger partial charge < -0.3 is 9.88 Å². The largest absolute Gasteiger partial charge is 0.321 e. The SMILES string of the molecule is Fc1cccc(F)c1Nc1nccn1C1CCCC1. The van der Waals surface area contributed by atoms with Crippen LogP contribution in [0.4, 0.5) is 20.4 Å². The van der Waals surface area contributed by atoms with Crippen molar-refractivity contribution in [2.45, 2.75) is 31.7 Å². The van der Waals surface area contributed by atoms with Crippen molar-refractivity contribution >= 4 is 11.6 Å². The highest BCUT2D eigenvalue weighted by molar-refractivity contribution is 5.55. The van der Waals surface area contributed by atoms with Crippen molar-refractivity contribution in [3.05, 3.63) is 42.2 Å². The number of rotatable bonds is 3. The molecule has 1 aliphatic carbocycles. The fourth-order valence-corrected chi connectivity index (χ4v) is 2.62. The van der Waals surface area contributed by atoms with Gasteiger partial charge in [0, 0.05) is 18.4 Å². The number of hydrogen-bond donors (Lipinski definition) is 1. The number of nitrogens with zero attached hydrogens (tertiary/aromatic N) is 2. The molecule has 1 aromatic carbocycles. The van der Waals surface area contributed by atoms with Crippen LogP contribution >= 0.6 is 0 Å². The number of nitrogens with one attached hydrogen (secondary N) is 1. The summed E-state index contributed by atoms with van der Waals surface area (Å²) in [5.74, 6) is -0.724. The van der Waals surface area contributed by atoms with Gasteiger partial charge >= 0.3 is 0 Å². The summed E-state index contributed by atoms with van der Waals surface area (Å²) in [4.78, 5) is 4.16. The lowest BCUT2D eigenvalue weighted by molar-refractivity contribution is 0.523. The minimum atomic E-state index is -0.610. The van der Waals surface area contributed by atoms with Crippen molar-refractivity contribution in [3.8, 4) is 0 Å². The van der Waals surface area contributed by atoms with Crippen LogP contribution in [0.25, 0.3) is 0 Å². The topological polar surface area (TPSA) is 29.9 Å². The van der Waals surface area contributed by atoms with E-state index >= 15 is 0 Å². The molecule has 0 aliphatic heterocycles. The number of anilines is 2. The van der Waals surface area contributed by atoms with E-state index in [1.165, 1.54) is 31.0 Å². The van der Waals surface area contributed by atoms with E-state index in [4.69, 9.17) is 0 Å². The van der Waals surface area contributed by atoms with Gasteiger partial charge in [-0.3, -0.25) is 0 Å². The Kier molecular flexibility index (Phi) is 3.19. The Morgan fingerprint density at radius 1 is 1.16 bits per heavy atom. The second-order valence-corrected chi connectivity index (χ2v) is 4.82. The van der Waals surface area contributed by atoms with E-state index < -0.39 is 11.6 Å². The minimum Gasteiger partial charge on any atom is -0.321 e. The second-order valence-electron chi connectivity index (χ2n) is 4.82. The van der Waals surface area contributed by atoms with Gasteiger partial charge in [-0.05, 0) is 25.0 Å². The maximum atomic E-state index is 13.6. The molecule has 0 spiro atoms. The fraction of sp³-hybridized carbons (Fsp3) is 0.357. The summed E-state index contributed by atoms with van der Waals surface area (Å²) >= 11 is 0. The van der Waals surface area contributed by atoms with E-state index in [0.29, 0.717) is 12.0 Å². The molecular weight excluding hydrogens is 248 g/mol. The zero-order valence-electron chi connectivity index (χ0n) is 10.4. The average Bonchev–Trinajstić information content (AvgIpc) is 3.04. The minimum absolute atomic E-state index is 0.145. The van der Waals surface area contributed by atoms with Crippen LogP contribution in [-0.4, -0.2) is 9.55 Å². The van der Waals surface area contributed by atoms with E-state index in [1.54, 1.807) is 6.20 Å². The molecule has 19 heavy (non-hydrogen) atoms. The molecule has 1 aromatic heterocycles. The molecule has 1 saturated carbocycles. The number of hydrogen-bond acceptors (Lipinski definition) is 2. The molecule has 1 fully saturated rings. The van der Waals surface area contributed by atoms with Crippen molar-refractivity contribution < 1.29 is 8.78 Å². The van der Waals surface area contributed by atoms with Gasteiger partial charge in [0.2, 0.25) is 5.95 Å². The van der Waals surface area contributed by atoms with Crippen LogP contribution in [0.5, 0.6) is 0 Å². The lowest BCUT2D eigenvalue weighted by atomic mass is 10.2. The van der Waals surface area contributed by atoms with Crippen molar-refractivity contribution in [3.63, 3.8) is 0 Å². The van der Waals surface area contributed by atoms with Crippen molar-refractivity contribution in [2.24, 2.45) is 0 Å². The average molecular weight is 263 g/mol. The van der Waals surface area contributed by atoms with Gasteiger partial charge in [0.05, 0.1) is 0 Å². The van der Waals surface area contributed by atoms with Crippen LogP contribution < -0.4 is 5.32 Å². The maximum Gasteiger partial charge on any atom is 0.207 e. The molecule has 0 saturated heterocycles. The number of halogens is 2. The molecule has 1 N–H and O–H groups in total. The molecule has 0 atom stereocenters. The zero-order valence-corrected chi connectivity index (χ0v) is 10.4. The summed E-state index contributed by atoms with van der Waals surface area (Å²) < 4.78 is 29.2. The first-order valence-corrected chi connectivity index (χ1v) is 6.49. The molecule has 2 aromatic rings. The van der Waals surface area contributed by atoms with Gasteiger partial charge in [0.25, 0.3) is 0 Å². The number of benzene rings is 1. The van der Waals surface area contributed by atoms with E-state index in [1.807, 2.05) is 10.8 Å². The van der Waals surface area contributed by atoms with Crippen LogP contribution in [0.15, 0.2) is 30.6 Å². The number of aromatic nitrogens is 2. The van der Waals surface area contributed by atoms with Gasteiger partial charge in [-0.1, -0.05) is 18.9 Å². The van der Waals surface area contributed by atoms with Gasteiger partial charge in [-0.2, -0.15) is 0 Å². The first-order chi connectivity index (χ1) is 9.25. The van der Waals surface area contributed by atoms with Crippen LogP contribution in [0.1, 0.15) is 31.7 Å². The van der Waals surface area contributed by atoms with E-state index in [-0.39, 0.29) is 5.69 Å². The van der Waals surface area contributed by atoms with E-state index in [9.17, 15) is 8.78 Å². The normalized spacial score (nSPS) is 15.9. The summed E-state index contributed by atoms with van der Waals surface area (Å²) in [7, 11) is 0. The molecule has 3 nitrogen and oxygen atoms in total. The van der Waals surface area contributed by atoms with Gasteiger partial charge in [0.15, 0.2) is 0 Å². The number of imidazole rings is 1. The third-order valence-corrected chi connectivity index (χ3v) is 3.59. The molecular formula is C14H15F2N3. The summed E-state index contributed by atoms with van der Waals surface area (Å²) in [6.45, 7) is 0. The Morgan fingerprint density at radius 2 is 1.84 bits per heavy atom. The molecule has 0 radical (unpaired) electrons. The standard InChI is InChI=1S/C14H15F2N3/c15-11-6-3-7-12(16)13(11)18-14-17-8-9-19(14)10-4-1-2-5-10/h3,6-10H,1-2,4-5H2,(H,17,18). The van der Waals surface area contributed by atoms with Gasteiger partial charge in [-0.25, -0.2) is 13.8 Å². The number of para-hydroxylation sites is 1. The Labute approximate surface area is 110 Å². The fourth-order valence-electron chi connectivity index (χ4n) is 2.62. The van der Waals surface area contributed by atoms with Crippen LogP contribution in [0.2, 0.25) is 0 Å². The van der Waals surface area contributed by atoms with E-state index in [2.05, 4.69) is 10.3 Å². The second kappa shape index (κ2) is 4.99. The van der Waals surface area contributed by atoms with Gasteiger partial charge in [-0.15, -0.1) is 0 Å². The van der Waals surface area contributed by atoms with Crippen LogP contribution in [0, 0.1) is 11.6 Å². The lowest BCUT2D eigenvalue weighted by Gasteiger charge is -2.16. The summed E-state index contributed by atoms with van der Waals surface area (Å²) in [6, 6.07) is 4.18. The molecule has 0 amide bonds. The third kappa shape index (κ3) is 2.32. The van der Waals surface area contributed by atoms with Crippen molar-refractivity contribution in [1.82, 2.24) is 9.55 Å². The zero-order chi connectivity index (χ0) is 13.2. The molecule has 5 heteroatoms. The Bertz CT molecular complexity index is 554. The summed E-state index contributed by atoms with van der Waals surface area (Å²) in [5.41, 5.74) is -0.145. The highest BCUT2D eigenvalue weighted by Gasteiger charge is 2.20. The molecule has 0 bridgehead atoms. The molecule has 1 heterocycles. The molecule has 3 rings (SSSR count). The first-order valence-electron chi connectivity index (χ1n) is 6.49. The Hall–Kier alpha value is -1.91. The summed E-state index contributed by atoms with van der Waals surface area (Å²) in [5, 5.41) is 2.77. The highest BCUT2D eigenvalue weighted by Crippen LogP contribution is 2.32. The monoisotopic (exact) mass is 263 g/mol. The van der Waals surface area contributed by atoms with E-state index in [0.717, 1.165) is 12.8 Å². The Morgan fingerprint density at radius 3 is 2.53 bits per heavy atom. The third-order valence-electron chi connectivity index (χ3n) is 3.59. The van der Waals surface area contributed by atoms with Crippen molar-refractivity contribution in [2.75, 3.05) is 5.32 Å². The predicted octanol–water partition coefficient (Wildman–Crippen LogP) is 4.02. The highest BCUT2D eigenvalue weighted by atomic mass is 19.1. The smallest absolute Gasteiger partial charge is 0.207 e. The molecule has 0 unspecified atom stereocenters. The lowest BCUT2D eigenvalue weighted by Crippen LogP contribution is -2.09. The molecule has 100 valence electrons. The van der Waals surface area contributed by atoms with Crippen LogP contribution in [0.3, 0.4) is 0 Å². The Balaban J connectivity index is 1.89.